The van der Waals surface area contributed by atoms with Gasteiger partial charge >= 0.3 is 7.82 Å². The van der Waals surface area contributed by atoms with Crippen LogP contribution in [-0.2, 0) is 18.4 Å². The molecule has 0 rings (SSSR count). The average Bonchev–Trinajstić information content (AvgIpc) is 3.25. The molecule has 0 aliphatic heterocycles. The quantitative estimate of drug-likeness (QED) is 0.0243. The number of aliphatic hydroxyl groups is 1. The number of aliphatic hydroxyl groups excluding tert-OH is 1. The number of likely N-dealkylation sites (N-methyl/N-ethyl adjacent to an activating group) is 1. The topological polar surface area (TPSA) is 105 Å². The van der Waals surface area contributed by atoms with Gasteiger partial charge in [-0.2, -0.15) is 0 Å². The monoisotopic (exact) mass is 918 g/mol. The molecular weight excluding hydrogens is 816 g/mol. The molecule has 9 heteroatoms. The second-order valence-corrected chi connectivity index (χ2v) is 20.3. The van der Waals surface area contributed by atoms with Crippen LogP contribution in [0, 0.1) is 0 Å². The van der Waals surface area contributed by atoms with Crippen LogP contribution in [0.4, 0.5) is 0 Å². The van der Waals surface area contributed by atoms with Crippen LogP contribution in [0.25, 0.3) is 0 Å². The van der Waals surface area contributed by atoms with E-state index in [0.29, 0.717) is 17.4 Å². The maximum atomic E-state index is 12.9. The first kappa shape index (κ1) is 61.9. The number of allylic oxidation sites excluding steroid dienone is 11. The summed E-state index contributed by atoms with van der Waals surface area (Å²) in [6.45, 7) is 4.68. The number of phosphoric ester groups is 1. The smallest absolute Gasteiger partial charge is 0.387 e. The van der Waals surface area contributed by atoms with E-state index in [1.807, 2.05) is 27.2 Å². The fourth-order valence-corrected chi connectivity index (χ4v) is 8.02. The molecule has 0 aromatic rings. The van der Waals surface area contributed by atoms with E-state index in [1.54, 1.807) is 6.08 Å². The predicted octanol–water partition coefficient (Wildman–Crippen LogP) is 15.5. The summed E-state index contributed by atoms with van der Waals surface area (Å²) in [7, 11) is 1.55. The van der Waals surface area contributed by atoms with Crippen LogP contribution in [0.2, 0.25) is 0 Å². The number of hydrogen-bond acceptors (Lipinski definition) is 5. The van der Waals surface area contributed by atoms with Gasteiger partial charge in [0.25, 0.3) is 0 Å². The first-order valence-electron chi connectivity index (χ1n) is 26.3. The Bertz CT molecular complexity index is 1270. The van der Waals surface area contributed by atoms with E-state index in [2.05, 4.69) is 79.9 Å². The number of unbranched alkanes of at least 4 members (excludes halogenated alkanes) is 24. The fourth-order valence-electron chi connectivity index (χ4n) is 7.28. The van der Waals surface area contributed by atoms with E-state index >= 15 is 0 Å². The Morgan fingerprint density at radius 1 is 0.547 bits per heavy atom. The highest BCUT2D eigenvalue weighted by Crippen LogP contribution is 2.43. The number of hydrogen-bond donors (Lipinski definition) is 3. The van der Waals surface area contributed by atoms with Gasteiger partial charge in [0.2, 0.25) is 5.91 Å². The van der Waals surface area contributed by atoms with E-state index in [-0.39, 0.29) is 19.1 Å². The summed E-state index contributed by atoms with van der Waals surface area (Å²) in [5.41, 5.74) is 0. The minimum Gasteiger partial charge on any atom is -0.387 e. The Hall–Kier alpha value is -2.06. The van der Waals surface area contributed by atoms with Crippen molar-refractivity contribution in [3.63, 3.8) is 0 Å². The molecule has 0 fully saturated rings. The predicted molar refractivity (Wildman–Crippen MR) is 276 cm³/mol. The van der Waals surface area contributed by atoms with Gasteiger partial charge in [0.05, 0.1) is 39.9 Å². The highest BCUT2D eigenvalue weighted by atomic mass is 31.2. The maximum absolute atomic E-state index is 12.9. The van der Waals surface area contributed by atoms with Gasteiger partial charge in [-0.1, -0.05) is 215 Å². The maximum Gasteiger partial charge on any atom is 0.472 e. The molecule has 0 saturated heterocycles. The summed E-state index contributed by atoms with van der Waals surface area (Å²) in [4.78, 5) is 23.2. The minimum absolute atomic E-state index is 0.0533. The summed E-state index contributed by atoms with van der Waals surface area (Å²) >= 11 is 0. The Kier molecular flexibility index (Phi) is 44.6. The summed E-state index contributed by atoms with van der Waals surface area (Å²) in [5, 5.41) is 13.9. The van der Waals surface area contributed by atoms with Crippen molar-refractivity contribution >= 4 is 13.7 Å². The lowest BCUT2D eigenvalue weighted by Crippen LogP contribution is -2.45. The number of quaternary nitrogens is 1. The molecule has 0 bridgehead atoms. The lowest BCUT2D eigenvalue weighted by molar-refractivity contribution is -0.870. The van der Waals surface area contributed by atoms with E-state index in [1.165, 1.54) is 135 Å². The van der Waals surface area contributed by atoms with Gasteiger partial charge in [0, 0.05) is 6.42 Å². The second kappa shape index (κ2) is 46.1. The third kappa shape index (κ3) is 47.9. The molecule has 0 aromatic heterocycles. The number of carbonyl (C=O) groups is 1. The lowest BCUT2D eigenvalue weighted by atomic mass is 10.0. The van der Waals surface area contributed by atoms with E-state index in [0.717, 1.165) is 64.2 Å². The largest absolute Gasteiger partial charge is 0.472 e. The summed E-state index contributed by atoms with van der Waals surface area (Å²) < 4.78 is 23.6. The SMILES string of the molecule is CC/C=C\C/C=C\C/C=C\C/C=C\CCCCCCCCCCCCCCC(=O)NC(COP(=O)(O)OCC[N+](C)(C)C)C(O)/C=C/CC/C=C/CCCCCCCCCCCCC. The van der Waals surface area contributed by atoms with E-state index in [4.69, 9.17) is 9.05 Å². The van der Waals surface area contributed by atoms with Gasteiger partial charge in [-0.3, -0.25) is 13.8 Å². The van der Waals surface area contributed by atoms with Crippen molar-refractivity contribution < 1.29 is 32.9 Å². The van der Waals surface area contributed by atoms with Gasteiger partial charge in [0.15, 0.2) is 0 Å². The van der Waals surface area contributed by atoms with Gasteiger partial charge < -0.3 is 19.8 Å². The molecule has 3 N–H and O–H groups in total. The molecule has 0 saturated carbocycles. The third-order valence-electron chi connectivity index (χ3n) is 11.4. The lowest BCUT2D eigenvalue weighted by Gasteiger charge is -2.25. The molecule has 1 amide bonds. The molecule has 8 nitrogen and oxygen atoms in total. The number of rotatable bonds is 47. The van der Waals surface area contributed by atoms with Crippen LogP contribution in [0.3, 0.4) is 0 Å². The van der Waals surface area contributed by atoms with E-state index < -0.39 is 20.0 Å². The standard InChI is InChI=1S/C55H101N2O6P/c1-6-8-10-12-14-16-18-20-22-24-25-26-27-28-29-30-31-33-35-37-39-41-43-45-47-49-55(59)56-53(52-63-64(60,61)62-51-50-57(3,4)5)54(58)48-46-44-42-40-38-36-34-32-23-21-19-17-15-13-11-9-7-2/h8,10,14,16,20,22,25-26,38,40,46,48,53-54,58H,6-7,9,11-13,15,17-19,21,23-24,27-37,39,41-45,47,49-52H2,1-5H3,(H-,56,59,60,61)/p+1/b10-8-,16-14-,22-20-,26-25-,40-38+,48-46+. The molecule has 0 aliphatic carbocycles. The molecule has 0 radical (unpaired) electrons. The summed E-state index contributed by atoms with van der Waals surface area (Å²) in [6, 6.07) is -0.867. The molecule has 0 heterocycles. The highest BCUT2D eigenvalue weighted by Gasteiger charge is 2.27. The normalized spacial score (nSPS) is 14.7. The zero-order valence-corrected chi connectivity index (χ0v) is 43.1. The van der Waals surface area contributed by atoms with Crippen LogP contribution in [0.15, 0.2) is 72.9 Å². The number of nitrogens with one attached hydrogen (secondary N) is 1. The zero-order valence-electron chi connectivity index (χ0n) is 42.3. The minimum atomic E-state index is -4.35. The molecule has 0 aromatic carbocycles. The Balaban J connectivity index is 4.30. The van der Waals surface area contributed by atoms with Crippen molar-refractivity contribution in [2.24, 2.45) is 0 Å². The van der Waals surface area contributed by atoms with Gasteiger partial charge in [0.1, 0.15) is 13.2 Å². The van der Waals surface area contributed by atoms with Crippen molar-refractivity contribution in [1.82, 2.24) is 5.32 Å². The van der Waals surface area contributed by atoms with Crippen molar-refractivity contribution in [1.29, 1.82) is 0 Å². The first-order valence-corrected chi connectivity index (χ1v) is 27.8. The van der Waals surface area contributed by atoms with Gasteiger partial charge in [-0.25, -0.2) is 4.57 Å². The van der Waals surface area contributed by atoms with Crippen molar-refractivity contribution in [2.45, 2.75) is 231 Å². The summed E-state index contributed by atoms with van der Waals surface area (Å²) in [6.07, 6.45) is 62.7. The second-order valence-electron chi connectivity index (χ2n) is 18.9. The molecule has 0 aliphatic rings. The van der Waals surface area contributed by atoms with Crippen molar-refractivity contribution in [2.75, 3.05) is 40.9 Å². The number of amides is 1. The van der Waals surface area contributed by atoms with E-state index in [9.17, 15) is 19.4 Å². The summed E-state index contributed by atoms with van der Waals surface area (Å²) in [5.74, 6) is -0.191. The fraction of sp³-hybridized carbons (Fsp3) is 0.764. The Morgan fingerprint density at radius 3 is 1.44 bits per heavy atom. The van der Waals surface area contributed by atoms with Crippen LogP contribution in [0.1, 0.15) is 219 Å². The first-order chi connectivity index (χ1) is 31.0. The molecular formula is C55H102N2O6P+. The highest BCUT2D eigenvalue weighted by molar-refractivity contribution is 7.47. The zero-order chi connectivity index (χ0) is 47.1. The Morgan fingerprint density at radius 2 is 0.953 bits per heavy atom. The van der Waals surface area contributed by atoms with Crippen LogP contribution in [0.5, 0.6) is 0 Å². The molecule has 64 heavy (non-hydrogen) atoms. The number of nitrogens with zero attached hydrogens (tertiary/aromatic N) is 1. The Labute approximate surface area is 395 Å². The number of phosphoric acid groups is 1. The third-order valence-corrected chi connectivity index (χ3v) is 12.4. The van der Waals surface area contributed by atoms with Crippen LogP contribution >= 0.6 is 7.82 Å². The van der Waals surface area contributed by atoms with Crippen molar-refractivity contribution in [3.8, 4) is 0 Å². The molecule has 3 atom stereocenters. The molecule has 0 spiro atoms. The number of carbonyl (C=O) groups excluding carboxylic acids is 1. The van der Waals surface area contributed by atoms with Crippen molar-refractivity contribution in [3.05, 3.63) is 72.9 Å². The molecule has 372 valence electrons. The average molecular weight is 918 g/mol. The van der Waals surface area contributed by atoms with Crippen LogP contribution in [-0.4, -0.2) is 73.4 Å². The van der Waals surface area contributed by atoms with Gasteiger partial charge in [-0.15, -0.1) is 0 Å². The molecule has 3 unspecified atom stereocenters. The van der Waals surface area contributed by atoms with Crippen LogP contribution < -0.4 is 5.32 Å². The van der Waals surface area contributed by atoms with Gasteiger partial charge in [-0.05, 0) is 70.6 Å².